The number of nitrogens with one attached hydrogen (secondary N) is 2. The molecular weight excluding hydrogens is 200 g/mol. The van der Waals surface area contributed by atoms with Gasteiger partial charge in [0.2, 0.25) is 0 Å². The van der Waals surface area contributed by atoms with Gasteiger partial charge < -0.3 is 5.32 Å². The lowest BCUT2D eigenvalue weighted by molar-refractivity contribution is 1.09. The summed E-state index contributed by atoms with van der Waals surface area (Å²) in [6.07, 6.45) is 3.55. The monoisotopic (exact) mass is 210 g/mol. The molecule has 0 aliphatic carbocycles. The largest absolute Gasteiger partial charge is 0.325 e. The van der Waals surface area contributed by atoms with Gasteiger partial charge in [0.15, 0.2) is 0 Å². The van der Waals surface area contributed by atoms with Gasteiger partial charge in [-0.3, -0.25) is 5.10 Å². The smallest absolute Gasteiger partial charge is 0.132 e. The first-order chi connectivity index (χ1) is 7.92. The van der Waals surface area contributed by atoms with E-state index in [4.69, 9.17) is 0 Å². The molecule has 3 aromatic rings. The lowest BCUT2D eigenvalue weighted by Gasteiger charge is -2.03. The minimum Gasteiger partial charge on any atom is -0.325 e. The zero-order chi connectivity index (χ0) is 10.8. The van der Waals surface area contributed by atoms with Crippen LogP contribution in [-0.4, -0.2) is 15.2 Å². The Morgan fingerprint density at radius 3 is 2.75 bits per heavy atom. The average molecular weight is 210 g/mol. The number of rotatable bonds is 2. The maximum Gasteiger partial charge on any atom is 0.132 e. The number of hydrogen-bond acceptors (Lipinski definition) is 3. The molecule has 3 rings (SSSR count). The van der Waals surface area contributed by atoms with E-state index in [0.29, 0.717) is 0 Å². The van der Waals surface area contributed by atoms with Crippen LogP contribution in [0, 0.1) is 0 Å². The van der Waals surface area contributed by atoms with Crippen molar-refractivity contribution in [3.63, 3.8) is 0 Å². The number of aromatic amines is 1. The van der Waals surface area contributed by atoms with Crippen molar-refractivity contribution in [3.05, 3.63) is 48.8 Å². The van der Waals surface area contributed by atoms with Gasteiger partial charge in [-0.05, 0) is 11.5 Å². The van der Waals surface area contributed by atoms with Crippen LogP contribution < -0.4 is 5.32 Å². The summed E-state index contributed by atoms with van der Waals surface area (Å²) >= 11 is 0. The second kappa shape index (κ2) is 3.66. The van der Waals surface area contributed by atoms with E-state index < -0.39 is 0 Å². The third-order valence-corrected chi connectivity index (χ3v) is 2.39. The minimum atomic E-state index is 0.808. The third kappa shape index (κ3) is 1.61. The number of hydrogen-bond donors (Lipinski definition) is 2. The molecule has 0 aliphatic heterocycles. The first-order valence-electron chi connectivity index (χ1n) is 5.03. The molecule has 78 valence electrons. The standard InChI is InChI=1S/C12H10N4/c1-2-4-10-8-13-12(7-9(10)3-1)15-11-5-6-14-16-11/h1-8H,(H2,13,14,15,16). The second-order valence-corrected chi connectivity index (χ2v) is 3.51. The third-order valence-electron chi connectivity index (χ3n) is 2.39. The summed E-state index contributed by atoms with van der Waals surface area (Å²) in [6.45, 7) is 0. The molecule has 1 aromatic carbocycles. The Hall–Kier alpha value is -2.36. The highest BCUT2D eigenvalue weighted by Gasteiger charge is 1.98. The maximum absolute atomic E-state index is 4.32. The number of pyridine rings is 1. The summed E-state index contributed by atoms with van der Waals surface area (Å²) in [5.41, 5.74) is 0. The summed E-state index contributed by atoms with van der Waals surface area (Å²) in [6, 6.07) is 12.0. The Bertz CT molecular complexity index is 601. The molecule has 2 heterocycles. The van der Waals surface area contributed by atoms with Gasteiger partial charge in [-0.15, -0.1) is 0 Å². The number of anilines is 2. The van der Waals surface area contributed by atoms with E-state index in [1.54, 1.807) is 6.20 Å². The Balaban J connectivity index is 1.99. The SMILES string of the molecule is c1ccc2cc(Nc3ccn[nH]3)ncc2c1. The highest BCUT2D eigenvalue weighted by molar-refractivity contribution is 5.84. The van der Waals surface area contributed by atoms with Gasteiger partial charge >= 0.3 is 0 Å². The molecule has 16 heavy (non-hydrogen) atoms. The van der Waals surface area contributed by atoms with Gasteiger partial charge in [-0.2, -0.15) is 5.10 Å². The molecule has 0 bridgehead atoms. The van der Waals surface area contributed by atoms with Crippen LogP contribution in [0.2, 0.25) is 0 Å². The second-order valence-electron chi connectivity index (χ2n) is 3.51. The van der Waals surface area contributed by atoms with Crippen LogP contribution >= 0.6 is 0 Å². The molecule has 0 atom stereocenters. The molecule has 0 fully saturated rings. The van der Waals surface area contributed by atoms with E-state index in [2.05, 4.69) is 26.6 Å². The zero-order valence-corrected chi connectivity index (χ0v) is 8.51. The van der Waals surface area contributed by atoms with Crippen LogP contribution in [-0.2, 0) is 0 Å². The van der Waals surface area contributed by atoms with Gasteiger partial charge in [-0.25, -0.2) is 4.98 Å². The zero-order valence-electron chi connectivity index (χ0n) is 8.51. The quantitative estimate of drug-likeness (QED) is 0.683. The number of nitrogens with zero attached hydrogens (tertiary/aromatic N) is 2. The fraction of sp³-hybridized carbons (Fsp3) is 0. The molecule has 0 amide bonds. The number of fused-ring (bicyclic) bond motifs is 1. The first-order valence-corrected chi connectivity index (χ1v) is 5.03. The molecule has 0 spiro atoms. The predicted octanol–water partition coefficient (Wildman–Crippen LogP) is 2.70. The molecule has 0 aliphatic rings. The normalized spacial score (nSPS) is 10.5. The molecule has 0 saturated carbocycles. The van der Waals surface area contributed by atoms with Gasteiger partial charge in [0.05, 0.1) is 6.20 Å². The fourth-order valence-electron chi connectivity index (χ4n) is 1.62. The van der Waals surface area contributed by atoms with Crippen molar-refractivity contribution in [1.29, 1.82) is 0 Å². The van der Waals surface area contributed by atoms with Crippen molar-refractivity contribution < 1.29 is 0 Å². The van der Waals surface area contributed by atoms with Crippen molar-refractivity contribution in [1.82, 2.24) is 15.2 Å². The molecular formula is C12H10N4. The Morgan fingerprint density at radius 1 is 1.06 bits per heavy atom. The highest BCUT2D eigenvalue weighted by Crippen LogP contribution is 2.18. The van der Waals surface area contributed by atoms with Crippen molar-refractivity contribution >= 4 is 22.4 Å². The van der Waals surface area contributed by atoms with E-state index in [1.165, 1.54) is 5.39 Å². The van der Waals surface area contributed by atoms with Crippen molar-refractivity contribution in [2.75, 3.05) is 5.32 Å². The van der Waals surface area contributed by atoms with Gasteiger partial charge in [0.25, 0.3) is 0 Å². The molecule has 2 N–H and O–H groups in total. The van der Waals surface area contributed by atoms with Crippen LogP contribution in [0.25, 0.3) is 10.8 Å². The molecule has 4 nitrogen and oxygen atoms in total. The average Bonchev–Trinajstić information content (AvgIpc) is 2.82. The van der Waals surface area contributed by atoms with Gasteiger partial charge in [-0.1, -0.05) is 24.3 Å². The summed E-state index contributed by atoms with van der Waals surface area (Å²) < 4.78 is 0. The van der Waals surface area contributed by atoms with Gasteiger partial charge in [0.1, 0.15) is 11.6 Å². The maximum atomic E-state index is 4.32. The topological polar surface area (TPSA) is 53.6 Å². The van der Waals surface area contributed by atoms with Crippen LogP contribution in [0.3, 0.4) is 0 Å². The first kappa shape index (κ1) is 8.91. The van der Waals surface area contributed by atoms with Crippen molar-refractivity contribution in [3.8, 4) is 0 Å². The molecule has 0 unspecified atom stereocenters. The predicted molar refractivity (Wildman–Crippen MR) is 63.6 cm³/mol. The summed E-state index contributed by atoms with van der Waals surface area (Å²) in [4.78, 5) is 4.32. The van der Waals surface area contributed by atoms with Crippen molar-refractivity contribution in [2.45, 2.75) is 0 Å². The Kier molecular flexibility index (Phi) is 2.04. The van der Waals surface area contributed by atoms with E-state index >= 15 is 0 Å². The Labute approximate surface area is 92.3 Å². The number of H-pyrrole nitrogens is 1. The number of benzene rings is 1. The Morgan fingerprint density at radius 2 is 1.94 bits per heavy atom. The van der Waals surface area contributed by atoms with Crippen LogP contribution in [0.5, 0.6) is 0 Å². The van der Waals surface area contributed by atoms with Crippen LogP contribution in [0.4, 0.5) is 11.6 Å². The molecule has 0 radical (unpaired) electrons. The van der Waals surface area contributed by atoms with Crippen LogP contribution in [0.1, 0.15) is 0 Å². The minimum absolute atomic E-state index is 0.808. The van der Waals surface area contributed by atoms with E-state index in [1.807, 2.05) is 36.5 Å². The van der Waals surface area contributed by atoms with E-state index in [-0.39, 0.29) is 0 Å². The van der Waals surface area contributed by atoms with Crippen molar-refractivity contribution in [2.24, 2.45) is 0 Å². The van der Waals surface area contributed by atoms with Crippen LogP contribution in [0.15, 0.2) is 48.8 Å². The van der Waals surface area contributed by atoms with Gasteiger partial charge in [0, 0.05) is 17.6 Å². The summed E-state index contributed by atoms with van der Waals surface area (Å²) in [5, 5.41) is 12.1. The summed E-state index contributed by atoms with van der Waals surface area (Å²) in [5.74, 6) is 1.64. The van der Waals surface area contributed by atoms with E-state index in [9.17, 15) is 0 Å². The highest BCUT2D eigenvalue weighted by atomic mass is 15.2. The molecule has 4 heteroatoms. The van der Waals surface area contributed by atoms with E-state index in [0.717, 1.165) is 17.0 Å². The fourth-order valence-corrected chi connectivity index (χ4v) is 1.62. The number of aromatic nitrogens is 3. The lowest BCUT2D eigenvalue weighted by atomic mass is 10.2. The lowest BCUT2D eigenvalue weighted by Crippen LogP contribution is -1.93. The summed E-state index contributed by atoms with van der Waals surface area (Å²) in [7, 11) is 0. The molecule has 2 aromatic heterocycles. The molecule has 0 saturated heterocycles.